The molecule has 0 fully saturated rings. The SMILES string of the molecule is CC.CSC(=N)c1sccc1C. The van der Waals surface area contributed by atoms with Gasteiger partial charge in [-0.1, -0.05) is 13.8 Å². The topological polar surface area (TPSA) is 23.9 Å². The van der Waals surface area contributed by atoms with Crippen LogP contribution in [-0.2, 0) is 0 Å². The lowest BCUT2D eigenvalue weighted by molar-refractivity contribution is 1.50. The molecule has 0 spiro atoms. The van der Waals surface area contributed by atoms with Gasteiger partial charge in [-0.3, -0.25) is 5.41 Å². The van der Waals surface area contributed by atoms with Crippen LogP contribution in [0.3, 0.4) is 0 Å². The lowest BCUT2D eigenvalue weighted by atomic mass is 10.3. The Morgan fingerprint density at radius 2 is 2.08 bits per heavy atom. The summed E-state index contributed by atoms with van der Waals surface area (Å²) in [4.78, 5) is 1.10. The smallest absolute Gasteiger partial charge is 0.104 e. The highest BCUT2D eigenvalue weighted by atomic mass is 32.2. The Morgan fingerprint density at radius 1 is 1.50 bits per heavy atom. The highest BCUT2D eigenvalue weighted by Crippen LogP contribution is 2.19. The zero-order valence-electron chi connectivity index (χ0n) is 7.97. The Morgan fingerprint density at radius 3 is 2.42 bits per heavy atom. The molecule has 0 saturated carbocycles. The predicted molar refractivity (Wildman–Crippen MR) is 60.7 cm³/mol. The summed E-state index contributed by atoms with van der Waals surface area (Å²) >= 11 is 3.13. The summed E-state index contributed by atoms with van der Waals surface area (Å²) in [6.45, 7) is 6.04. The molecule has 0 aliphatic heterocycles. The van der Waals surface area contributed by atoms with Gasteiger partial charge in [-0.15, -0.1) is 23.1 Å². The molecular weight excluding hydrogens is 186 g/mol. The number of hydrogen-bond acceptors (Lipinski definition) is 3. The van der Waals surface area contributed by atoms with Gasteiger partial charge < -0.3 is 0 Å². The molecule has 0 atom stereocenters. The molecule has 3 heteroatoms. The molecule has 1 nitrogen and oxygen atoms in total. The van der Waals surface area contributed by atoms with Crippen LogP contribution < -0.4 is 0 Å². The molecule has 0 radical (unpaired) electrons. The molecule has 0 aliphatic rings. The van der Waals surface area contributed by atoms with Gasteiger partial charge in [0.05, 0.1) is 4.88 Å². The number of thioether (sulfide) groups is 1. The zero-order chi connectivity index (χ0) is 9.56. The summed E-state index contributed by atoms with van der Waals surface area (Å²) < 4.78 is 0. The summed E-state index contributed by atoms with van der Waals surface area (Å²) in [5, 5.41) is 10.2. The van der Waals surface area contributed by atoms with E-state index in [1.807, 2.05) is 38.5 Å². The van der Waals surface area contributed by atoms with E-state index in [4.69, 9.17) is 5.41 Å². The molecule has 1 aromatic heterocycles. The van der Waals surface area contributed by atoms with Crippen molar-refractivity contribution in [2.75, 3.05) is 6.26 Å². The van der Waals surface area contributed by atoms with E-state index in [-0.39, 0.29) is 0 Å². The van der Waals surface area contributed by atoms with E-state index in [9.17, 15) is 0 Å². The van der Waals surface area contributed by atoms with Crippen molar-refractivity contribution in [3.63, 3.8) is 0 Å². The fourth-order valence-electron chi connectivity index (χ4n) is 0.698. The fourth-order valence-corrected chi connectivity index (χ4v) is 2.21. The largest absolute Gasteiger partial charge is 0.293 e. The van der Waals surface area contributed by atoms with Crippen molar-refractivity contribution < 1.29 is 0 Å². The normalized spacial score (nSPS) is 8.67. The van der Waals surface area contributed by atoms with Crippen LogP contribution in [0.1, 0.15) is 24.3 Å². The Bertz CT molecular complexity index is 240. The van der Waals surface area contributed by atoms with Gasteiger partial charge in [-0.2, -0.15) is 0 Å². The van der Waals surface area contributed by atoms with E-state index in [2.05, 4.69) is 0 Å². The van der Waals surface area contributed by atoms with Crippen LogP contribution in [0.25, 0.3) is 0 Å². The predicted octanol–water partition coefficient (Wildman–Crippen LogP) is 3.77. The molecular formula is C9H15NS2. The van der Waals surface area contributed by atoms with Gasteiger partial charge in [0.25, 0.3) is 0 Å². The Hall–Kier alpha value is -0.280. The molecule has 12 heavy (non-hydrogen) atoms. The van der Waals surface area contributed by atoms with E-state index in [0.29, 0.717) is 5.04 Å². The standard InChI is InChI=1S/C7H9NS2.C2H6/c1-5-3-4-10-6(5)7(8)9-2;1-2/h3-4,8H,1-2H3;1-2H3. The highest BCUT2D eigenvalue weighted by Gasteiger charge is 2.03. The third-order valence-electron chi connectivity index (χ3n) is 1.27. The summed E-state index contributed by atoms with van der Waals surface area (Å²) in [7, 11) is 0. The summed E-state index contributed by atoms with van der Waals surface area (Å²) in [5.74, 6) is 0. The monoisotopic (exact) mass is 201 g/mol. The number of hydrogen-bond donors (Lipinski definition) is 1. The number of rotatable bonds is 1. The van der Waals surface area contributed by atoms with Crippen molar-refractivity contribution in [2.45, 2.75) is 20.8 Å². The van der Waals surface area contributed by atoms with Crippen LogP contribution >= 0.6 is 23.1 Å². The van der Waals surface area contributed by atoms with E-state index < -0.39 is 0 Å². The molecule has 1 heterocycles. The molecule has 0 bridgehead atoms. The minimum Gasteiger partial charge on any atom is -0.293 e. The molecule has 0 aliphatic carbocycles. The van der Waals surface area contributed by atoms with E-state index in [0.717, 1.165) is 4.88 Å². The lowest BCUT2D eigenvalue weighted by Crippen LogP contribution is -1.88. The van der Waals surface area contributed by atoms with Gasteiger partial charge in [0, 0.05) is 0 Å². The molecule has 0 amide bonds. The number of aryl methyl sites for hydroxylation is 1. The lowest BCUT2D eigenvalue weighted by Gasteiger charge is -1.95. The Labute approximate surface area is 82.7 Å². The van der Waals surface area contributed by atoms with Crippen LogP contribution in [-0.4, -0.2) is 11.3 Å². The second kappa shape index (κ2) is 6.26. The maximum absolute atomic E-state index is 7.51. The van der Waals surface area contributed by atoms with Crippen molar-refractivity contribution in [3.05, 3.63) is 21.9 Å². The Balaban J connectivity index is 0.000000561. The number of nitrogens with one attached hydrogen (secondary N) is 1. The van der Waals surface area contributed by atoms with Gasteiger partial charge in [0.1, 0.15) is 5.04 Å². The van der Waals surface area contributed by atoms with Gasteiger partial charge in [0.15, 0.2) is 0 Å². The average molecular weight is 201 g/mol. The molecule has 0 unspecified atom stereocenters. The van der Waals surface area contributed by atoms with Crippen LogP contribution in [0.2, 0.25) is 0 Å². The van der Waals surface area contributed by atoms with Crippen molar-refractivity contribution >= 4 is 28.1 Å². The number of thiophene rings is 1. The fraction of sp³-hybridized carbons (Fsp3) is 0.444. The first-order valence-electron chi connectivity index (χ1n) is 3.92. The second-order valence-electron chi connectivity index (χ2n) is 1.97. The minimum absolute atomic E-state index is 0.674. The second-order valence-corrected chi connectivity index (χ2v) is 3.70. The first kappa shape index (κ1) is 11.7. The minimum atomic E-state index is 0.674. The first-order valence-corrected chi connectivity index (χ1v) is 6.03. The van der Waals surface area contributed by atoms with E-state index in [1.165, 1.54) is 17.3 Å². The molecule has 0 saturated heterocycles. The maximum atomic E-state index is 7.51. The molecule has 1 rings (SSSR count). The van der Waals surface area contributed by atoms with Gasteiger partial charge >= 0.3 is 0 Å². The van der Waals surface area contributed by atoms with Gasteiger partial charge in [-0.25, -0.2) is 0 Å². The molecule has 68 valence electrons. The van der Waals surface area contributed by atoms with E-state index >= 15 is 0 Å². The van der Waals surface area contributed by atoms with Crippen LogP contribution in [0, 0.1) is 12.3 Å². The average Bonchev–Trinajstić information content (AvgIpc) is 2.54. The third-order valence-corrected chi connectivity index (χ3v) is 3.05. The third kappa shape index (κ3) is 2.99. The van der Waals surface area contributed by atoms with Gasteiger partial charge in [0.2, 0.25) is 0 Å². The van der Waals surface area contributed by atoms with Crippen molar-refractivity contribution in [1.29, 1.82) is 5.41 Å². The van der Waals surface area contributed by atoms with Gasteiger partial charge in [-0.05, 0) is 30.2 Å². The summed E-state index contributed by atoms with van der Waals surface area (Å²) in [5.41, 5.74) is 1.21. The first-order chi connectivity index (χ1) is 5.75. The maximum Gasteiger partial charge on any atom is 0.104 e. The van der Waals surface area contributed by atoms with Crippen molar-refractivity contribution in [2.24, 2.45) is 0 Å². The van der Waals surface area contributed by atoms with Crippen LogP contribution in [0.4, 0.5) is 0 Å². The highest BCUT2D eigenvalue weighted by molar-refractivity contribution is 8.14. The summed E-state index contributed by atoms with van der Waals surface area (Å²) in [6, 6.07) is 2.05. The zero-order valence-corrected chi connectivity index (χ0v) is 9.60. The Kier molecular flexibility index (Phi) is 6.11. The van der Waals surface area contributed by atoms with Crippen LogP contribution in [0.5, 0.6) is 0 Å². The van der Waals surface area contributed by atoms with Crippen LogP contribution in [0.15, 0.2) is 11.4 Å². The molecule has 1 N–H and O–H groups in total. The van der Waals surface area contributed by atoms with Crippen molar-refractivity contribution in [1.82, 2.24) is 0 Å². The summed E-state index contributed by atoms with van der Waals surface area (Å²) in [6.07, 6.45) is 1.93. The van der Waals surface area contributed by atoms with Crippen molar-refractivity contribution in [3.8, 4) is 0 Å². The molecule has 1 aromatic rings. The quantitative estimate of drug-likeness (QED) is 0.542. The van der Waals surface area contributed by atoms with E-state index in [1.54, 1.807) is 11.3 Å². The molecule has 0 aromatic carbocycles.